The number of piperidine rings is 1. The number of carboxylic acids is 1. The Labute approximate surface area is 101 Å². The molecule has 17 heavy (non-hydrogen) atoms. The van der Waals surface area contributed by atoms with Crippen molar-refractivity contribution in [3.05, 3.63) is 12.7 Å². The molecule has 5 heteroatoms. The van der Waals surface area contributed by atoms with Crippen LogP contribution in [-0.2, 0) is 9.59 Å². The minimum absolute atomic E-state index is 0.0839. The Morgan fingerprint density at radius 3 is 2.59 bits per heavy atom. The lowest BCUT2D eigenvalue weighted by Crippen LogP contribution is -2.43. The molecule has 0 aromatic carbocycles. The lowest BCUT2D eigenvalue weighted by atomic mass is 9.93. The molecule has 0 radical (unpaired) electrons. The Morgan fingerprint density at radius 2 is 2.06 bits per heavy atom. The summed E-state index contributed by atoms with van der Waals surface area (Å²) < 4.78 is 0. The molecule has 0 saturated carbocycles. The average molecular weight is 240 g/mol. The number of hydrogen-bond acceptors (Lipinski definition) is 3. The maximum absolute atomic E-state index is 11.7. The third kappa shape index (κ3) is 4.99. The lowest BCUT2D eigenvalue weighted by molar-refractivity contribution is -0.138. The summed E-state index contributed by atoms with van der Waals surface area (Å²) in [5.74, 6) is -0.444. The van der Waals surface area contributed by atoms with E-state index in [0.717, 1.165) is 12.8 Å². The SMILES string of the molecule is C=CCNCC(=O)N1CCC(CC(=O)O)CC1. The summed E-state index contributed by atoms with van der Waals surface area (Å²) in [5, 5.41) is 11.7. The van der Waals surface area contributed by atoms with Crippen LogP contribution in [0.2, 0.25) is 0 Å². The van der Waals surface area contributed by atoms with Gasteiger partial charge in [0.15, 0.2) is 0 Å². The van der Waals surface area contributed by atoms with Gasteiger partial charge >= 0.3 is 5.97 Å². The molecule has 1 fully saturated rings. The molecule has 0 unspecified atom stereocenters. The minimum Gasteiger partial charge on any atom is -0.481 e. The molecule has 0 aromatic heterocycles. The van der Waals surface area contributed by atoms with E-state index >= 15 is 0 Å². The molecule has 96 valence electrons. The Kier molecular flexibility index (Phi) is 5.69. The first kappa shape index (κ1) is 13.7. The largest absolute Gasteiger partial charge is 0.481 e. The van der Waals surface area contributed by atoms with Crippen molar-refractivity contribution >= 4 is 11.9 Å². The number of amides is 1. The predicted molar refractivity (Wildman–Crippen MR) is 64.6 cm³/mol. The van der Waals surface area contributed by atoms with Gasteiger partial charge in [-0.1, -0.05) is 6.08 Å². The van der Waals surface area contributed by atoms with Gasteiger partial charge in [-0.25, -0.2) is 0 Å². The fraction of sp³-hybridized carbons (Fsp3) is 0.667. The fourth-order valence-corrected chi connectivity index (χ4v) is 2.03. The molecule has 5 nitrogen and oxygen atoms in total. The van der Waals surface area contributed by atoms with Crippen LogP contribution in [0.4, 0.5) is 0 Å². The second kappa shape index (κ2) is 7.06. The second-order valence-corrected chi connectivity index (χ2v) is 4.34. The molecule has 0 atom stereocenters. The first-order valence-electron chi connectivity index (χ1n) is 5.94. The number of carboxylic acid groups (broad SMARTS) is 1. The summed E-state index contributed by atoms with van der Waals surface area (Å²) in [6.07, 6.45) is 3.52. The zero-order valence-corrected chi connectivity index (χ0v) is 10.0. The molecule has 1 heterocycles. The summed E-state index contributed by atoms with van der Waals surface area (Å²) in [6.45, 7) is 5.87. The molecule has 0 spiro atoms. The van der Waals surface area contributed by atoms with Crippen LogP contribution >= 0.6 is 0 Å². The third-order valence-electron chi connectivity index (χ3n) is 3.00. The van der Waals surface area contributed by atoms with E-state index < -0.39 is 5.97 Å². The van der Waals surface area contributed by atoms with Crippen LogP contribution in [-0.4, -0.2) is 48.1 Å². The monoisotopic (exact) mass is 240 g/mol. The Morgan fingerprint density at radius 1 is 1.41 bits per heavy atom. The molecule has 0 aliphatic carbocycles. The van der Waals surface area contributed by atoms with Crippen LogP contribution in [0.15, 0.2) is 12.7 Å². The summed E-state index contributed by atoms with van der Waals surface area (Å²) in [4.78, 5) is 24.1. The van der Waals surface area contributed by atoms with Crippen molar-refractivity contribution in [2.45, 2.75) is 19.3 Å². The Balaban J connectivity index is 2.23. The van der Waals surface area contributed by atoms with Crippen LogP contribution in [0.1, 0.15) is 19.3 Å². The van der Waals surface area contributed by atoms with E-state index in [1.807, 2.05) is 0 Å². The number of rotatable bonds is 6. The van der Waals surface area contributed by atoms with Gasteiger partial charge in [-0.3, -0.25) is 9.59 Å². The average Bonchev–Trinajstić information content (AvgIpc) is 2.29. The molecule has 1 saturated heterocycles. The summed E-state index contributed by atoms with van der Waals surface area (Å²) >= 11 is 0. The highest BCUT2D eigenvalue weighted by atomic mass is 16.4. The molecule has 2 N–H and O–H groups in total. The number of hydrogen-bond donors (Lipinski definition) is 2. The fourth-order valence-electron chi connectivity index (χ4n) is 2.03. The number of nitrogens with one attached hydrogen (secondary N) is 1. The molecule has 0 aromatic rings. The number of aliphatic carboxylic acids is 1. The molecule has 0 bridgehead atoms. The zero-order valence-electron chi connectivity index (χ0n) is 10.0. The zero-order chi connectivity index (χ0) is 12.7. The van der Waals surface area contributed by atoms with E-state index in [0.29, 0.717) is 26.2 Å². The van der Waals surface area contributed by atoms with Crippen LogP contribution < -0.4 is 5.32 Å². The molecule has 1 aliphatic rings. The van der Waals surface area contributed by atoms with Gasteiger partial charge in [0.1, 0.15) is 0 Å². The van der Waals surface area contributed by atoms with Gasteiger partial charge < -0.3 is 15.3 Å². The first-order chi connectivity index (χ1) is 8.13. The smallest absolute Gasteiger partial charge is 0.303 e. The normalized spacial score (nSPS) is 16.8. The minimum atomic E-state index is -0.748. The van der Waals surface area contributed by atoms with Crippen LogP contribution in [0.25, 0.3) is 0 Å². The highest BCUT2D eigenvalue weighted by molar-refractivity contribution is 5.78. The van der Waals surface area contributed by atoms with Gasteiger partial charge in [0, 0.05) is 26.1 Å². The van der Waals surface area contributed by atoms with E-state index in [4.69, 9.17) is 5.11 Å². The van der Waals surface area contributed by atoms with Crippen molar-refractivity contribution in [2.75, 3.05) is 26.2 Å². The Hall–Kier alpha value is -1.36. The molecular formula is C12H20N2O3. The number of carbonyl (C=O) groups excluding carboxylic acids is 1. The van der Waals surface area contributed by atoms with Crippen molar-refractivity contribution in [3.63, 3.8) is 0 Å². The van der Waals surface area contributed by atoms with Crippen LogP contribution in [0.3, 0.4) is 0 Å². The van der Waals surface area contributed by atoms with Gasteiger partial charge in [-0.05, 0) is 18.8 Å². The molecule has 1 amide bonds. The van der Waals surface area contributed by atoms with E-state index in [1.54, 1.807) is 11.0 Å². The predicted octanol–water partition coefficient (Wildman–Crippen LogP) is 0.475. The van der Waals surface area contributed by atoms with E-state index in [-0.39, 0.29) is 18.2 Å². The van der Waals surface area contributed by atoms with Crippen LogP contribution in [0, 0.1) is 5.92 Å². The number of likely N-dealkylation sites (tertiary alicyclic amines) is 1. The summed E-state index contributed by atoms with van der Waals surface area (Å²) in [7, 11) is 0. The topological polar surface area (TPSA) is 69.6 Å². The number of nitrogens with zero attached hydrogens (tertiary/aromatic N) is 1. The van der Waals surface area contributed by atoms with Gasteiger partial charge in [0.05, 0.1) is 6.54 Å². The highest BCUT2D eigenvalue weighted by Crippen LogP contribution is 2.20. The van der Waals surface area contributed by atoms with Crippen molar-refractivity contribution in [1.82, 2.24) is 10.2 Å². The van der Waals surface area contributed by atoms with Crippen LogP contribution in [0.5, 0.6) is 0 Å². The standard InChI is InChI=1S/C12H20N2O3/c1-2-5-13-9-11(15)14-6-3-10(4-7-14)8-12(16)17/h2,10,13H,1,3-9H2,(H,16,17). The molecule has 1 rings (SSSR count). The molecule has 1 aliphatic heterocycles. The Bertz CT molecular complexity index is 283. The van der Waals surface area contributed by atoms with Gasteiger partial charge in [-0.2, -0.15) is 0 Å². The van der Waals surface area contributed by atoms with E-state index in [1.165, 1.54) is 0 Å². The van der Waals surface area contributed by atoms with Gasteiger partial charge in [0.25, 0.3) is 0 Å². The maximum atomic E-state index is 11.7. The van der Waals surface area contributed by atoms with Gasteiger partial charge in [-0.15, -0.1) is 6.58 Å². The third-order valence-corrected chi connectivity index (χ3v) is 3.00. The quantitative estimate of drug-likeness (QED) is 0.523. The molecular weight excluding hydrogens is 220 g/mol. The second-order valence-electron chi connectivity index (χ2n) is 4.34. The lowest BCUT2D eigenvalue weighted by Gasteiger charge is -2.31. The summed E-state index contributed by atoms with van der Waals surface area (Å²) in [5.41, 5.74) is 0. The summed E-state index contributed by atoms with van der Waals surface area (Å²) in [6, 6.07) is 0. The van der Waals surface area contributed by atoms with Crippen molar-refractivity contribution in [2.24, 2.45) is 5.92 Å². The van der Waals surface area contributed by atoms with Crippen molar-refractivity contribution in [1.29, 1.82) is 0 Å². The maximum Gasteiger partial charge on any atom is 0.303 e. The van der Waals surface area contributed by atoms with Crippen molar-refractivity contribution < 1.29 is 14.7 Å². The van der Waals surface area contributed by atoms with Crippen molar-refractivity contribution in [3.8, 4) is 0 Å². The van der Waals surface area contributed by atoms with E-state index in [9.17, 15) is 9.59 Å². The first-order valence-corrected chi connectivity index (χ1v) is 5.94. The van der Waals surface area contributed by atoms with Gasteiger partial charge in [0.2, 0.25) is 5.91 Å². The number of carbonyl (C=O) groups is 2. The highest BCUT2D eigenvalue weighted by Gasteiger charge is 2.23. The van der Waals surface area contributed by atoms with E-state index in [2.05, 4.69) is 11.9 Å².